The van der Waals surface area contributed by atoms with E-state index in [9.17, 15) is 0 Å². The van der Waals surface area contributed by atoms with Crippen molar-refractivity contribution < 1.29 is 18.9 Å². The van der Waals surface area contributed by atoms with Gasteiger partial charge in [-0.2, -0.15) is 0 Å². The number of benzene rings is 4. The summed E-state index contributed by atoms with van der Waals surface area (Å²) >= 11 is 0. The molecule has 0 radical (unpaired) electrons. The van der Waals surface area contributed by atoms with Crippen LogP contribution < -0.4 is 24.7 Å². The summed E-state index contributed by atoms with van der Waals surface area (Å²) in [5.74, 6) is 2.74. The summed E-state index contributed by atoms with van der Waals surface area (Å²) < 4.78 is 23.1. The topological polar surface area (TPSA) is 62.9 Å². The lowest BCUT2D eigenvalue weighted by atomic mass is 9.99. The Morgan fingerprint density at radius 2 is 1.09 bits per heavy atom. The molecule has 0 saturated carbocycles. The zero-order chi connectivity index (χ0) is 24.5. The van der Waals surface area contributed by atoms with E-state index in [1.165, 1.54) is 0 Å². The zero-order valence-corrected chi connectivity index (χ0v) is 20.1. The van der Waals surface area contributed by atoms with Gasteiger partial charge in [0.15, 0.2) is 23.0 Å². The minimum Gasteiger partial charge on any atom is -0.493 e. The van der Waals surface area contributed by atoms with E-state index >= 15 is 0 Å². The highest BCUT2D eigenvalue weighted by atomic mass is 16.5. The van der Waals surface area contributed by atoms with Crippen LogP contribution in [0.5, 0.6) is 23.0 Å². The Morgan fingerprint density at radius 3 is 1.63 bits per heavy atom. The van der Waals surface area contributed by atoms with Gasteiger partial charge in [-0.1, -0.05) is 72.8 Å². The first-order valence-electron chi connectivity index (χ1n) is 11.6. The first-order chi connectivity index (χ1) is 17.2. The molecular weight excluding hydrogens is 438 g/mol. The second-order valence-corrected chi connectivity index (χ2v) is 8.25. The van der Waals surface area contributed by atoms with Crippen molar-refractivity contribution >= 4 is 0 Å². The van der Waals surface area contributed by atoms with E-state index in [1.807, 2.05) is 97.1 Å². The smallest absolute Gasteiger partial charge is 0.161 e. The van der Waals surface area contributed by atoms with Gasteiger partial charge in [-0.3, -0.25) is 0 Å². The molecule has 2 N–H and O–H groups in total. The van der Waals surface area contributed by atoms with Gasteiger partial charge in [-0.15, -0.1) is 0 Å². The number of nitrogens with two attached hydrogens (primary N) is 1. The third kappa shape index (κ3) is 6.55. The van der Waals surface area contributed by atoms with Crippen molar-refractivity contribution in [3.8, 4) is 23.0 Å². The molecule has 180 valence electrons. The van der Waals surface area contributed by atoms with Crippen LogP contribution in [0.2, 0.25) is 0 Å². The molecule has 35 heavy (non-hydrogen) atoms. The van der Waals surface area contributed by atoms with Crippen LogP contribution in [0.4, 0.5) is 0 Å². The predicted molar refractivity (Wildman–Crippen MR) is 138 cm³/mol. The Bertz CT molecular complexity index is 1210. The molecule has 0 fully saturated rings. The minimum atomic E-state index is -0.227. The standard InChI is InChI=1S/C30H31NO4/c1-32-27-15-13-24(18-29(27)34-20-22-9-5-3-6-10-22)17-26(31)25-14-16-28(33-2)30(19-25)35-21-23-11-7-4-8-12-23/h3-16,18-19,26H,17,20-21,31H2,1-2H3/t26-/m1/s1. The molecule has 0 saturated heterocycles. The highest BCUT2D eigenvalue weighted by Gasteiger charge is 2.14. The van der Waals surface area contributed by atoms with E-state index < -0.39 is 0 Å². The van der Waals surface area contributed by atoms with Crippen molar-refractivity contribution in [2.75, 3.05) is 14.2 Å². The Hall–Kier alpha value is -3.96. The van der Waals surface area contributed by atoms with Crippen LogP contribution in [0.1, 0.15) is 28.3 Å². The second kappa shape index (κ2) is 12.0. The lowest BCUT2D eigenvalue weighted by Gasteiger charge is -2.17. The summed E-state index contributed by atoms with van der Waals surface area (Å²) in [6.07, 6.45) is 0.635. The number of rotatable bonds is 11. The lowest BCUT2D eigenvalue weighted by Crippen LogP contribution is -2.14. The van der Waals surface area contributed by atoms with Crippen LogP contribution in [-0.2, 0) is 19.6 Å². The summed E-state index contributed by atoms with van der Waals surface area (Å²) in [4.78, 5) is 0. The minimum absolute atomic E-state index is 0.227. The molecule has 4 aromatic carbocycles. The van der Waals surface area contributed by atoms with Gasteiger partial charge in [-0.25, -0.2) is 0 Å². The van der Waals surface area contributed by atoms with Crippen molar-refractivity contribution in [2.45, 2.75) is 25.7 Å². The van der Waals surface area contributed by atoms with Crippen molar-refractivity contribution in [3.63, 3.8) is 0 Å². The fraction of sp³-hybridized carbons (Fsp3) is 0.200. The Labute approximate surface area is 207 Å². The van der Waals surface area contributed by atoms with Crippen molar-refractivity contribution in [2.24, 2.45) is 5.73 Å². The van der Waals surface area contributed by atoms with Gasteiger partial charge >= 0.3 is 0 Å². The largest absolute Gasteiger partial charge is 0.493 e. The van der Waals surface area contributed by atoms with Crippen LogP contribution in [0, 0.1) is 0 Å². The number of hydrogen-bond donors (Lipinski definition) is 1. The van der Waals surface area contributed by atoms with Crippen LogP contribution in [-0.4, -0.2) is 14.2 Å². The molecule has 4 rings (SSSR count). The maximum Gasteiger partial charge on any atom is 0.161 e. The molecule has 0 aromatic heterocycles. The van der Waals surface area contributed by atoms with Crippen LogP contribution >= 0.6 is 0 Å². The number of hydrogen-bond acceptors (Lipinski definition) is 5. The van der Waals surface area contributed by atoms with E-state index in [-0.39, 0.29) is 6.04 Å². The molecule has 0 spiro atoms. The van der Waals surface area contributed by atoms with Gasteiger partial charge in [0, 0.05) is 6.04 Å². The molecule has 5 heteroatoms. The SMILES string of the molecule is COc1ccc(C[C@@H](N)c2ccc(OC)c(OCc3ccccc3)c2)cc1OCc1ccccc1. The Kier molecular flexibility index (Phi) is 8.25. The summed E-state index contributed by atoms with van der Waals surface area (Å²) in [6, 6.07) is 31.6. The zero-order valence-electron chi connectivity index (χ0n) is 20.1. The first kappa shape index (κ1) is 24.2. The van der Waals surface area contributed by atoms with Gasteiger partial charge in [0.05, 0.1) is 14.2 Å². The molecule has 5 nitrogen and oxygen atoms in total. The fourth-order valence-corrected chi connectivity index (χ4v) is 3.84. The van der Waals surface area contributed by atoms with Crippen molar-refractivity contribution in [1.29, 1.82) is 0 Å². The van der Waals surface area contributed by atoms with Crippen molar-refractivity contribution in [1.82, 2.24) is 0 Å². The monoisotopic (exact) mass is 469 g/mol. The van der Waals surface area contributed by atoms with Crippen LogP contribution in [0.25, 0.3) is 0 Å². The number of ether oxygens (including phenoxy) is 4. The molecule has 4 aromatic rings. The molecule has 1 atom stereocenters. The average Bonchev–Trinajstić information content (AvgIpc) is 2.91. The quantitative estimate of drug-likeness (QED) is 0.287. The van der Waals surface area contributed by atoms with Gasteiger partial charge in [0.1, 0.15) is 13.2 Å². The van der Waals surface area contributed by atoms with E-state index in [0.29, 0.717) is 42.6 Å². The molecule has 0 bridgehead atoms. The molecule has 0 amide bonds. The van der Waals surface area contributed by atoms with E-state index in [1.54, 1.807) is 14.2 Å². The summed E-state index contributed by atoms with van der Waals surface area (Å²) in [5.41, 5.74) is 10.8. The normalized spacial score (nSPS) is 11.5. The molecule has 0 aliphatic carbocycles. The van der Waals surface area contributed by atoms with Gasteiger partial charge in [0.2, 0.25) is 0 Å². The summed E-state index contributed by atoms with van der Waals surface area (Å²) in [5, 5.41) is 0. The van der Waals surface area contributed by atoms with Gasteiger partial charge < -0.3 is 24.7 Å². The van der Waals surface area contributed by atoms with Crippen molar-refractivity contribution in [3.05, 3.63) is 119 Å². The molecular formula is C30H31NO4. The highest BCUT2D eigenvalue weighted by molar-refractivity contribution is 5.46. The Balaban J connectivity index is 1.47. The van der Waals surface area contributed by atoms with E-state index in [2.05, 4.69) is 0 Å². The first-order valence-corrected chi connectivity index (χ1v) is 11.6. The van der Waals surface area contributed by atoms with Gasteiger partial charge in [0.25, 0.3) is 0 Å². The predicted octanol–water partition coefficient (Wildman–Crippen LogP) is 6.10. The van der Waals surface area contributed by atoms with E-state index in [0.717, 1.165) is 22.3 Å². The number of methoxy groups -OCH3 is 2. The highest BCUT2D eigenvalue weighted by Crippen LogP contribution is 2.33. The molecule has 0 heterocycles. The molecule has 0 aliphatic heterocycles. The maximum atomic E-state index is 6.61. The maximum absolute atomic E-state index is 6.61. The fourth-order valence-electron chi connectivity index (χ4n) is 3.84. The van der Waals surface area contributed by atoms with Crippen LogP contribution in [0.3, 0.4) is 0 Å². The van der Waals surface area contributed by atoms with Crippen LogP contribution in [0.15, 0.2) is 97.1 Å². The summed E-state index contributed by atoms with van der Waals surface area (Å²) in [6.45, 7) is 0.920. The molecule has 0 aliphatic rings. The summed E-state index contributed by atoms with van der Waals surface area (Å²) in [7, 11) is 3.28. The molecule has 0 unspecified atom stereocenters. The third-order valence-electron chi connectivity index (χ3n) is 5.77. The Morgan fingerprint density at radius 1 is 0.571 bits per heavy atom. The third-order valence-corrected chi connectivity index (χ3v) is 5.77. The van der Waals surface area contributed by atoms with Gasteiger partial charge in [-0.05, 0) is 52.9 Å². The lowest BCUT2D eigenvalue weighted by molar-refractivity contribution is 0.283. The van der Waals surface area contributed by atoms with E-state index in [4.69, 9.17) is 24.7 Å². The average molecular weight is 470 g/mol. The second-order valence-electron chi connectivity index (χ2n) is 8.25.